The highest BCUT2D eigenvalue weighted by Gasteiger charge is 2.08. The van der Waals surface area contributed by atoms with Crippen LogP contribution in [0, 0.1) is 0 Å². The molecule has 20 heavy (non-hydrogen) atoms. The van der Waals surface area contributed by atoms with Gasteiger partial charge in [-0.3, -0.25) is 4.79 Å². The molecule has 0 heterocycles. The number of hydrogen-bond acceptors (Lipinski definition) is 3. The Labute approximate surface area is 123 Å². The van der Waals surface area contributed by atoms with Crippen LogP contribution in [0.2, 0.25) is 5.02 Å². The second kappa shape index (κ2) is 6.44. The van der Waals surface area contributed by atoms with Gasteiger partial charge in [0.25, 0.3) is 0 Å². The molecule has 0 saturated heterocycles. The van der Waals surface area contributed by atoms with Crippen molar-refractivity contribution in [3.05, 3.63) is 52.5 Å². The third-order valence-electron chi connectivity index (χ3n) is 2.96. The van der Waals surface area contributed by atoms with Crippen molar-refractivity contribution in [3.8, 4) is 17.2 Å². The number of rotatable bonds is 5. The lowest BCUT2D eigenvalue weighted by Crippen LogP contribution is -1.93. The molecule has 0 fully saturated rings. The number of benzene rings is 2. The van der Waals surface area contributed by atoms with Gasteiger partial charge < -0.3 is 9.47 Å². The van der Waals surface area contributed by atoms with Crippen LogP contribution in [-0.4, -0.2) is 13.4 Å². The van der Waals surface area contributed by atoms with Gasteiger partial charge in [-0.15, -0.1) is 0 Å². The van der Waals surface area contributed by atoms with Crippen LogP contribution >= 0.6 is 11.6 Å². The van der Waals surface area contributed by atoms with Gasteiger partial charge in [0.15, 0.2) is 17.8 Å². The van der Waals surface area contributed by atoms with E-state index in [1.54, 1.807) is 25.3 Å². The van der Waals surface area contributed by atoms with Gasteiger partial charge in [0.05, 0.1) is 12.1 Å². The molecule has 0 spiro atoms. The van der Waals surface area contributed by atoms with E-state index in [1.165, 1.54) is 5.56 Å². The number of ether oxygens (including phenoxy) is 2. The number of methoxy groups -OCH3 is 1. The molecule has 0 aliphatic rings. The average Bonchev–Trinajstić information content (AvgIpc) is 2.48. The van der Waals surface area contributed by atoms with Crippen LogP contribution in [-0.2, 0) is 6.42 Å². The lowest BCUT2D eigenvalue weighted by molar-refractivity contribution is 0.112. The van der Waals surface area contributed by atoms with Gasteiger partial charge in [0.2, 0.25) is 0 Å². The highest BCUT2D eigenvalue weighted by atomic mass is 35.5. The minimum absolute atomic E-state index is 0.363. The predicted molar refractivity (Wildman–Crippen MR) is 79.3 cm³/mol. The topological polar surface area (TPSA) is 35.5 Å². The maximum atomic E-state index is 10.7. The van der Waals surface area contributed by atoms with Gasteiger partial charge >= 0.3 is 0 Å². The zero-order valence-corrected chi connectivity index (χ0v) is 12.1. The average molecular weight is 291 g/mol. The Bertz CT molecular complexity index is 623. The smallest absolute Gasteiger partial charge is 0.169 e. The van der Waals surface area contributed by atoms with Gasteiger partial charge in [-0.1, -0.05) is 24.6 Å². The summed E-state index contributed by atoms with van der Waals surface area (Å²) in [4.78, 5) is 10.7. The van der Waals surface area contributed by atoms with Crippen LogP contribution in [0.3, 0.4) is 0 Å². The molecule has 0 amide bonds. The predicted octanol–water partition coefficient (Wildman–Crippen LogP) is 4.52. The van der Waals surface area contributed by atoms with E-state index >= 15 is 0 Å². The lowest BCUT2D eigenvalue weighted by Gasteiger charge is -2.12. The molecule has 0 bridgehead atoms. The highest BCUT2D eigenvalue weighted by Crippen LogP contribution is 2.33. The summed E-state index contributed by atoms with van der Waals surface area (Å²) in [6.07, 6.45) is 1.64. The number of carbonyl (C=O) groups excluding carboxylic acids is 1. The number of aldehydes is 1. The molecule has 0 atom stereocenters. The number of carbonyl (C=O) groups is 1. The molecule has 4 heteroatoms. The van der Waals surface area contributed by atoms with E-state index in [1.807, 2.05) is 18.2 Å². The van der Waals surface area contributed by atoms with Gasteiger partial charge in [-0.05, 0) is 36.2 Å². The van der Waals surface area contributed by atoms with E-state index in [0.29, 0.717) is 34.1 Å². The monoisotopic (exact) mass is 290 g/mol. The van der Waals surface area contributed by atoms with E-state index < -0.39 is 0 Å². The fourth-order valence-corrected chi connectivity index (χ4v) is 2.03. The first-order chi connectivity index (χ1) is 9.67. The third-order valence-corrected chi connectivity index (χ3v) is 3.29. The van der Waals surface area contributed by atoms with Crippen LogP contribution in [0.5, 0.6) is 17.2 Å². The van der Waals surface area contributed by atoms with Crippen molar-refractivity contribution < 1.29 is 14.3 Å². The summed E-state index contributed by atoms with van der Waals surface area (Å²) in [6.45, 7) is 2.08. The van der Waals surface area contributed by atoms with Crippen molar-refractivity contribution in [2.75, 3.05) is 7.11 Å². The Morgan fingerprint density at radius 3 is 2.55 bits per heavy atom. The molecular formula is C16H15ClO3. The minimum Gasteiger partial charge on any atom is -0.493 e. The third kappa shape index (κ3) is 3.11. The molecule has 0 N–H and O–H groups in total. The van der Waals surface area contributed by atoms with Crippen molar-refractivity contribution in [1.29, 1.82) is 0 Å². The van der Waals surface area contributed by atoms with Crippen LogP contribution < -0.4 is 9.47 Å². The molecule has 2 aromatic rings. The molecule has 0 saturated carbocycles. The Balaban J connectivity index is 2.29. The first-order valence-corrected chi connectivity index (χ1v) is 6.65. The molecule has 2 aromatic carbocycles. The van der Waals surface area contributed by atoms with Crippen molar-refractivity contribution in [1.82, 2.24) is 0 Å². The quantitative estimate of drug-likeness (QED) is 0.760. The summed E-state index contributed by atoms with van der Waals surface area (Å²) in [6, 6.07) is 10.7. The first-order valence-electron chi connectivity index (χ1n) is 6.27. The molecule has 0 aliphatic heterocycles. The Morgan fingerprint density at radius 1 is 1.15 bits per heavy atom. The maximum Gasteiger partial charge on any atom is 0.169 e. The van der Waals surface area contributed by atoms with Crippen molar-refractivity contribution in [2.45, 2.75) is 13.3 Å². The fraction of sp³-hybridized carbons (Fsp3) is 0.188. The largest absolute Gasteiger partial charge is 0.493 e. The van der Waals surface area contributed by atoms with E-state index in [-0.39, 0.29) is 0 Å². The summed E-state index contributed by atoms with van der Waals surface area (Å²) in [5.74, 6) is 1.84. The van der Waals surface area contributed by atoms with E-state index in [0.717, 1.165) is 6.42 Å². The number of aryl methyl sites for hydroxylation is 1. The van der Waals surface area contributed by atoms with E-state index in [9.17, 15) is 4.79 Å². The number of halogens is 1. The zero-order chi connectivity index (χ0) is 14.5. The second-order valence-corrected chi connectivity index (χ2v) is 4.65. The summed E-state index contributed by atoms with van der Waals surface area (Å²) >= 11 is 5.97. The van der Waals surface area contributed by atoms with Gasteiger partial charge in [0, 0.05) is 11.6 Å². The van der Waals surface area contributed by atoms with Gasteiger partial charge in [-0.25, -0.2) is 0 Å². The Kier molecular flexibility index (Phi) is 4.64. The van der Waals surface area contributed by atoms with Gasteiger partial charge in [-0.2, -0.15) is 0 Å². The number of hydrogen-bond donors (Lipinski definition) is 0. The van der Waals surface area contributed by atoms with Crippen LogP contribution in [0.4, 0.5) is 0 Å². The van der Waals surface area contributed by atoms with Crippen LogP contribution in [0.25, 0.3) is 0 Å². The maximum absolute atomic E-state index is 10.7. The molecule has 0 aromatic heterocycles. The second-order valence-electron chi connectivity index (χ2n) is 4.24. The SMILES string of the molecule is CCc1ccc(Oc2ccc(C=O)c(Cl)c2)c(OC)c1. The molecule has 0 radical (unpaired) electrons. The van der Waals surface area contributed by atoms with Crippen molar-refractivity contribution in [2.24, 2.45) is 0 Å². The van der Waals surface area contributed by atoms with E-state index in [2.05, 4.69) is 6.92 Å². The fourth-order valence-electron chi connectivity index (χ4n) is 1.81. The molecule has 3 nitrogen and oxygen atoms in total. The lowest BCUT2D eigenvalue weighted by atomic mass is 10.1. The summed E-state index contributed by atoms with van der Waals surface area (Å²) in [5, 5.41) is 0.363. The van der Waals surface area contributed by atoms with Crippen LogP contribution in [0.15, 0.2) is 36.4 Å². The summed E-state index contributed by atoms with van der Waals surface area (Å²) in [5.41, 5.74) is 1.61. The molecule has 0 aliphatic carbocycles. The standard InChI is InChI=1S/C16H15ClO3/c1-3-11-4-7-15(16(8-11)19-2)20-13-6-5-12(10-18)14(17)9-13/h4-10H,3H2,1-2H3. The molecule has 2 rings (SSSR count). The Hall–Kier alpha value is -2.00. The minimum atomic E-state index is 0.363. The van der Waals surface area contributed by atoms with Gasteiger partial charge in [0.1, 0.15) is 5.75 Å². The highest BCUT2D eigenvalue weighted by molar-refractivity contribution is 6.33. The first kappa shape index (κ1) is 14.4. The van der Waals surface area contributed by atoms with E-state index in [4.69, 9.17) is 21.1 Å². The molecular weight excluding hydrogens is 276 g/mol. The Morgan fingerprint density at radius 2 is 1.95 bits per heavy atom. The summed E-state index contributed by atoms with van der Waals surface area (Å²) in [7, 11) is 1.60. The molecule has 104 valence electrons. The van der Waals surface area contributed by atoms with Crippen LogP contribution in [0.1, 0.15) is 22.8 Å². The zero-order valence-electron chi connectivity index (χ0n) is 11.4. The van der Waals surface area contributed by atoms with Crippen molar-refractivity contribution >= 4 is 17.9 Å². The van der Waals surface area contributed by atoms with Crippen molar-refractivity contribution in [3.63, 3.8) is 0 Å². The molecule has 0 unspecified atom stereocenters. The summed E-state index contributed by atoms with van der Waals surface area (Å²) < 4.78 is 11.1. The normalized spacial score (nSPS) is 10.2.